The molecule has 33 heavy (non-hydrogen) atoms. The van der Waals surface area contributed by atoms with E-state index in [0.717, 1.165) is 11.1 Å². The minimum absolute atomic E-state index is 0.0964. The fourth-order valence-corrected chi connectivity index (χ4v) is 3.91. The average molecular weight is 452 g/mol. The highest BCUT2D eigenvalue weighted by Gasteiger charge is 2.22. The van der Waals surface area contributed by atoms with E-state index in [1.54, 1.807) is 48.6 Å². The van der Waals surface area contributed by atoms with Crippen LogP contribution in [0, 0.1) is 0 Å². The van der Waals surface area contributed by atoms with Crippen LogP contribution in [0.4, 0.5) is 0 Å². The predicted molar refractivity (Wildman–Crippen MR) is 130 cm³/mol. The van der Waals surface area contributed by atoms with Crippen LogP contribution in [0.25, 0.3) is 0 Å². The number of ketones is 1. The van der Waals surface area contributed by atoms with E-state index < -0.39 is 5.91 Å². The number of allylic oxidation sites excluding steroid dienone is 2. The summed E-state index contributed by atoms with van der Waals surface area (Å²) in [7, 11) is 0. The summed E-state index contributed by atoms with van der Waals surface area (Å²) in [5, 5.41) is 0.605. The number of aliphatic imine (C=N–C) groups is 2. The van der Waals surface area contributed by atoms with Gasteiger partial charge in [0.25, 0.3) is 5.91 Å². The van der Waals surface area contributed by atoms with Crippen molar-refractivity contribution < 1.29 is 9.59 Å². The van der Waals surface area contributed by atoms with Gasteiger partial charge in [-0.25, -0.2) is 4.99 Å². The van der Waals surface area contributed by atoms with Gasteiger partial charge >= 0.3 is 0 Å². The second-order valence-electron chi connectivity index (χ2n) is 7.62. The summed E-state index contributed by atoms with van der Waals surface area (Å²) >= 11 is 6.16. The molecule has 5 nitrogen and oxygen atoms in total. The van der Waals surface area contributed by atoms with Gasteiger partial charge in [-0.1, -0.05) is 78.3 Å². The highest BCUT2D eigenvalue weighted by Crippen LogP contribution is 2.23. The lowest BCUT2D eigenvalue weighted by atomic mass is 10.0. The minimum atomic E-state index is -0.426. The van der Waals surface area contributed by atoms with Crippen molar-refractivity contribution in [2.45, 2.75) is 6.54 Å². The van der Waals surface area contributed by atoms with Crippen LogP contribution in [-0.4, -0.2) is 28.3 Å². The fraction of sp³-hybridized carbons (Fsp3) is 0.0370. The average Bonchev–Trinajstić information content (AvgIpc) is 3.00. The molecule has 0 aliphatic carbocycles. The molecular weight excluding hydrogens is 434 g/mol. The first kappa shape index (κ1) is 20.8. The second kappa shape index (κ2) is 8.81. The van der Waals surface area contributed by atoms with Crippen molar-refractivity contribution in [3.63, 3.8) is 0 Å². The molecular formula is C27H18ClN3O2. The number of carbonyl (C=O) groups excluding carboxylic acids is 2. The first-order chi connectivity index (χ1) is 16.1. The van der Waals surface area contributed by atoms with Crippen LogP contribution < -0.4 is 0 Å². The normalized spacial score (nSPS) is 15.8. The second-order valence-corrected chi connectivity index (χ2v) is 8.05. The predicted octanol–water partition coefficient (Wildman–Crippen LogP) is 5.37. The summed E-state index contributed by atoms with van der Waals surface area (Å²) < 4.78 is 0. The summed E-state index contributed by atoms with van der Waals surface area (Å²) in [5.74, 6) is 0.477. The van der Waals surface area contributed by atoms with Crippen LogP contribution in [0.3, 0.4) is 0 Å². The molecule has 0 spiro atoms. The van der Waals surface area contributed by atoms with Crippen LogP contribution in [0.5, 0.6) is 0 Å². The molecule has 0 N–H and O–H groups in total. The Hall–Kier alpha value is -4.09. The zero-order valence-corrected chi connectivity index (χ0v) is 18.2. The Morgan fingerprint density at radius 3 is 2.27 bits per heavy atom. The number of hydrogen-bond donors (Lipinski definition) is 0. The van der Waals surface area contributed by atoms with Crippen LogP contribution in [-0.2, 0) is 6.54 Å². The molecule has 1 amide bonds. The smallest absolute Gasteiger partial charge is 0.279 e. The third-order valence-corrected chi connectivity index (χ3v) is 5.65. The Labute approximate surface area is 196 Å². The number of amidine groups is 2. The van der Waals surface area contributed by atoms with Gasteiger partial charge in [-0.2, -0.15) is 4.99 Å². The SMILES string of the molecule is O=C(N=C1N=C2C=CC(Cl)=CN2Cc2ccccc21)c1ccc(C(=O)c2ccccc2)cc1. The number of hydrogen-bond acceptors (Lipinski definition) is 3. The van der Waals surface area contributed by atoms with Crippen molar-refractivity contribution in [1.82, 2.24) is 4.90 Å². The van der Waals surface area contributed by atoms with Crippen LogP contribution >= 0.6 is 11.6 Å². The largest absolute Gasteiger partial charge is 0.327 e. The van der Waals surface area contributed by atoms with Crippen molar-refractivity contribution in [3.8, 4) is 0 Å². The Morgan fingerprint density at radius 2 is 1.48 bits per heavy atom. The molecule has 3 aromatic carbocycles. The fourth-order valence-electron chi connectivity index (χ4n) is 3.73. The maximum atomic E-state index is 13.0. The van der Waals surface area contributed by atoms with Crippen molar-refractivity contribution >= 4 is 35.0 Å². The van der Waals surface area contributed by atoms with E-state index in [2.05, 4.69) is 9.98 Å². The zero-order chi connectivity index (χ0) is 22.8. The van der Waals surface area contributed by atoms with E-state index in [4.69, 9.17) is 11.6 Å². The van der Waals surface area contributed by atoms with Gasteiger partial charge in [-0.15, -0.1) is 0 Å². The summed E-state index contributed by atoms with van der Waals surface area (Å²) in [6, 6.07) is 23.3. The molecule has 0 fully saturated rings. The Balaban J connectivity index is 1.47. The highest BCUT2D eigenvalue weighted by molar-refractivity contribution is 6.32. The number of halogens is 1. The van der Waals surface area contributed by atoms with Gasteiger partial charge in [0.2, 0.25) is 0 Å². The van der Waals surface area contributed by atoms with Gasteiger partial charge in [0.15, 0.2) is 11.6 Å². The third kappa shape index (κ3) is 4.31. The molecule has 0 aromatic heterocycles. The lowest BCUT2D eigenvalue weighted by molar-refractivity contribution is 0.0999. The van der Waals surface area contributed by atoms with E-state index in [0.29, 0.717) is 39.9 Å². The molecule has 0 atom stereocenters. The van der Waals surface area contributed by atoms with Gasteiger partial charge in [-0.05, 0) is 29.8 Å². The summed E-state index contributed by atoms with van der Waals surface area (Å²) in [6.45, 7) is 0.569. The van der Waals surface area contributed by atoms with Crippen molar-refractivity contribution in [2.75, 3.05) is 0 Å². The number of fused-ring (bicyclic) bond motifs is 2. The Bertz CT molecular complexity index is 1370. The molecule has 0 saturated heterocycles. The van der Waals surface area contributed by atoms with E-state index in [1.165, 1.54) is 0 Å². The lowest BCUT2D eigenvalue weighted by Gasteiger charge is -2.21. The molecule has 0 unspecified atom stereocenters. The number of nitrogens with zero attached hydrogens (tertiary/aromatic N) is 3. The molecule has 0 saturated carbocycles. The molecule has 3 aromatic rings. The lowest BCUT2D eigenvalue weighted by Crippen LogP contribution is -2.25. The van der Waals surface area contributed by atoms with Gasteiger partial charge in [0.1, 0.15) is 5.84 Å². The van der Waals surface area contributed by atoms with Crippen LogP contribution in [0.2, 0.25) is 0 Å². The first-order valence-corrected chi connectivity index (χ1v) is 10.8. The van der Waals surface area contributed by atoms with E-state index in [1.807, 2.05) is 53.6 Å². The minimum Gasteiger partial charge on any atom is -0.327 e. The summed E-state index contributed by atoms with van der Waals surface area (Å²) in [6.07, 6.45) is 5.37. The maximum absolute atomic E-state index is 13.0. The first-order valence-electron chi connectivity index (χ1n) is 10.4. The number of rotatable bonds is 3. The van der Waals surface area contributed by atoms with E-state index >= 15 is 0 Å². The maximum Gasteiger partial charge on any atom is 0.279 e. The van der Waals surface area contributed by atoms with Crippen molar-refractivity contribution in [3.05, 3.63) is 130 Å². The van der Waals surface area contributed by atoms with E-state index in [-0.39, 0.29) is 5.78 Å². The molecule has 0 bridgehead atoms. The number of benzene rings is 3. The Morgan fingerprint density at radius 1 is 0.818 bits per heavy atom. The topological polar surface area (TPSA) is 62.1 Å². The third-order valence-electron chi connectivity index (χ3n) is 5.42. The van der Waals surface area contributed by atoms with E-state index in [9.17, 15) is 9.59 Å². The van der Waals surface area contributed by atoms with Crippen LogP contribution in [0.15, 0.2) is 112 Å². The number of amides is 1. The van der Waals surface area contributed by atoms with Crippen molar-refractivity contribution in [2.24, 2.45) is 9.98 Å². The molecule has 160 valence electrons. The number of carbonyl (C=O) groups is 2. The van der Waals surface area contributed by atoms with Gasteiger partial charge in [0.05, 0.1) is 5.03 Å². The molecule has 0 radical (unpaired) electrons. The summed E-state index contributed by atoms with van der Waals surface area (Å²) in [5.41, 5.74) is 3.27. The van der Waals surface area contributed by atoms with Gasteiger partial charge in [0, 0.05) is 35.0 Å². The summed E-state index contributed by atoms with van der Waals surface area (Å²) in [4.78, 5) is 36.5. The molecule has 2 heterocycles. The standard InChI is InChI=1S/C27H18ClN3O2/c28-22-14-15-24-29-26(23-9-5-4-8-21(23)16-31(24)17-22)30-27(33)20-12-10-19(11-13-20)25(32)18-6-2-1-3-7-18/h1-15,17H,16H2. The van der Waals surface area contributed by atoms with Crippen molar-refractivity contribution in [1.29, 1.82) is 0 Å². The molecule has 5 rings (SSSR count). The monoisotopic (exact) mass is 451 g/mol. The quantitative estimate of drug-likeness (QED) is 0.503. The Kier molecular flexibility index (Phi) is 5.55. The van der Waals surface area contributed by atoms with Gasteiger partial charge in [-0.3, -0.25) is 9.59 Å². The molecule has 6 heteroatoms. The van der Waals surface area contributed by atoms with Gasteiger partial charge < -0.3 is 4.90 Å². The molecule has 2 aliphatic heterocycles. The molecule has 2 aliphatic rings. The van der Waals surface area contributed by atoms with Crippen LogP contribution in [0.1, 0.15) is 37.4 Å². The highest BCUT2D eigenvalue weighted by atomic mass is 35.5. The zero-order valence-electron chi connectivity index (χ0n) is 17.5.